The number of benzene rings is 2. The van der Waals surface area contributed by atoms with Gasteiger partial charge in [-0.25, -0.2) is 0 Å². The van der Waals surface area contributed by atoms with Crippen LogP contribution in [-0.2, 0) is 7.05 Å². The molecule has 3 heteroatoms. The summed E-state index contributed by atoms with van der Waals surface area (Å²) in [5.74, 6) is 0. The lowest BCUT2D eigenvalue weighted by atomic mass is 9.91. The van der Waals surface area contributed by atoms with E-state index in [2.05, 4.69) is 64.3 Å². The van der Waals surface area contributed by atoms with E-state index in [0.29, 0.717) is 6.01 Å². The average Bonchev–Trinajstić information content (AvgIpc) is 2.60. The summed E-state index contributed by atoms with van der Waals surface area (Å²) in [5.41, 5.74) is 11.1. The number of aromatic nitrogens is 2. The molecule has 3 rings (SSSR count). The summed E-state index contributed by atoms with van der Waals surface area (Å²) in [4.78, 5) is 4.82. The van der Waals surface area contributed by atoms with Gasteiger partial charge in [-0.05, 0) is 80.4 Å². The average molecular weight is 335 g/mol. The minimum atomic E-state index is 0.631. The lowest BCUT2D eigenvalue weighted by Crippen LogP contribution is -2.35. The lowest BCUT2D eigenvalue weighted by molar-refractivity contribution is -0.667. The molecule has 0 N–H and O–H groups in total. The van der Waals surface area contributed by atoms with Gasteiger partial charge in [0.1, 0.15) is 5.69 Å². The molecule has 0 aliphatic rings. The van der Waals surface area contributed by atoms with Gasteiger partial charge in [0.25, 0.3) is 0 Å². The highest BCUT2D eigenvalue weighted by Gasteiger charge is 2.26. The number of methoxy groups -OCH3 is 1. The zero-order valence-electron chi connectivity index (χ0n) is 16.5. The number of nitrogens with zero attached hydrogens (tertiary/aromatic N) is 2. The standard InChI is InChI=1S/C22H27N2O/c1-12-9-10-18(11-13(12)2)21-19-16(5)14(3)15(4)17(6)20(19)23-22(25-8)24(21)7/h9-11H,1-8H3/q+1. The summed E-state index contributed by atoms with van der Waals surface area (Å²) in [6, 6.07) is 7.27. The van der Waals surface area contributed by atoms with Crippen LogP contribution < -0.4 is 9.30 Å². The molecule has 1 heterocycles. The molecule has 2 aromatic carbocycles. The fourth-order valence-corrected chi connectivity index (χ4v) is 3.57. The molecule has 0 atom stereocenters. The molecule has 0 bridgehead atoms. The second-order valence-electron chi connectivity index (χ2n) is 7.03. The Kier molecular flexibility index (Phi) is 4.28. The first-order chi connectivity index (χ1) is 11.8. The molecule has 0 saturated carbocycles. The molecule has 25 heavy (non-hydrogen) atoms. The minimum Gasteiger partial charge on any atom is -0.431 e. The molecule has 130 valence electrons. The van der Waals surface area contributed by atoms with Gasteiger partial charge in [0.05, 0.1) is 19.5 Å². The van der Waals surface area contributed by atoms with Crippen LogP contribution in [0.25, 0.3) is 22.2 Å². The van der Waals surface area contributed by atoms with Gasteiger partial charge in [-0.15, -0.1) is 0 Å². The van der Waals surface area contributed by atoms with E-state index in [4.69, 9.17) is 9.72 Å². The van der Waals surface area contributed by atoms with Crippen LogP contribution in [0, 0.1) is 41.5 Å². The van der Waals surface area contributed by atoms with Crippen molar-refractivity contribution in [2.24, 2.45) is 7.05 Å². The molecule has 3 nitrogen and oxygen atoms in total. The van der Waals surface area contributed by atoms with Crippen molar-refractivity contribution in [3.05, 3.63) is 51.6 Å². The van der Waals surface area contributed by atoms with Gasteiger partial charge in [0.15, 0.2) is 5.52 Å². The Labute approximate surface area is 150 Å². The predicted molar refractivity (Wildman–Crippen MR) is 103 cm³/mol. The van der Waals surface area contributed by atoms with Crippen molar-refractivity contribution >= 4 is 10.9 Å². The second-order valence-corrected chi connectivity index (χ2v) is 7.03. The van der Waals surface area contributed by atoms with E-state index in [1.807, 2.05) is 7.05 Å². The molecular weight excluding hydrogens is 308 g/mol. The van der Waals surface area contributed by atoms with E-state index in [9.17, 15) is 0 Å². The van der Waals surface area contributed by atoms with Gasteiger partial charge >= 0.3 is 6.01 Å². The second kappa shape index (κ2) is 6.14. The molecule has 0 unspecified atom stereocenters. The van der Waals surface area contributed by atoms with Crippen molar-refractivity contribution in [3.63, 3.8) is 0 Å². The maximum Gasteiger partial charge on any atom is 0.498 e. The Morgan fingerprint density at radius 3 is 2.08 bits per heavy atom. The van der Waals surface area contributed by atoms with Crippen LogP contribution in [0.15, 0.2) is 18.2 Å². The number of hydrogen-bond donors (Lipinski definition) is 0. The minimum absolute atomic E-state index is 0.631. The topological polar surface area (TPSA) is 26.0 Å². The van der Waals surface area contributed by atoms with Gasteiger partial charge in [-0.2, -0.15) is 4.57 Å². The van der Waals surface area contributed by atoms with E-state index in [0.717, 1.165) is 11.2 Å². The van der Waals surface area contributed by atoms with Crippen molar-refractivity contribution in [2.75, 3.05) is 7.11 Å². The van der Waals surface area contributed by atoms with Crippen LogP contribution in [0.2, 0.25) is 0 Å². The number of ether oxygens (including phenoxy) is 1. The first kappa shape index (κ1) is 17.4. The van der Waals surface area contributed by atoms with Crippen molar-refractivity contribution in [2.45, 2.75) is 41.5 Å². The summed E-state index contributed by atoms with van der Waals surface area (Å²) >= 11 is 0. The predicted octanol–water partition coefficient (Wildman–Crippen LogP) is 4.59. The number of rotatable bonds is 2. The zero-order chi connectivity index (χ0) is 18.5. The molecule has 0 aliphatic heterocycles. The zero-order valence-corrected chi connectivity index (χ0v) is 16.5. The molecule has 0 amide bonds. The van der Waals surface area contributed by atoms with Crippen LogP contribution in [0.4, 0.5) is 0 Å². The number of fused-ring (bicyclic) bond motifs is 1. The van der Waals surface area contributed by atoms with Gasteiger partial charge in [0.2, 0.25) is 0 Å². The van der Waals surface area contributed by atoms with E-state index >= 15 is 0 Å². The number of aryl methyl sites for hydroxylation is 4. The van der Waals surface area contributed by atoms with Crippen molar-refractivity contribution in [1.82, 2.24) is 4.98 Å². The third kappa shape index (κ3) is 2.58. The van der Waals surface area contributed by atoms with Gasteiger partial charge < -0.3 is 4.74 Å². The molecule has 0 fully saturated rings. The van der Waals surface area contributed by atoms with Crippen molar-refractivity contribution in [3.8, 4) is 17.3 Å². The monoisotopic (exact) mass is 335 g/mol. The summed E-state index contributed by atoms with van der Waals surface area (Å²) in [6.07, 6.45) is 0. The Bertz CT molecular complexity index is 1000. The Hall–Kier alpha value is -2.42. The smallest absolute Gasteiger partial charge is 0.431 e. The van der Waals surface area contributed by atoms with Gasteiger partial charge in [0, 0.05) is 11.1 Å². The molecule has 0 radical (unpaired) electrons. The first-order valence-electron chi connectivity index (χ1n) is 8.69. The fourth-order valence-electron chi connectivity index (χ4n) is 3.57. The van der Waals surface area contributed by atoms with Crippen molar-refractivity contribution in [1.29, 1.82) is 0 Å². The van der Waals surface area contributed by atoms with E-state index in [1.54, 1.807) is 7.11 Å². The van der Waals surface area contributed by atoms with Crippen LogP contribution in [-0.4, -0.2) is 12.1 Å². The first-order valence-corrected chi connectivity index (χ1v) is 8.69. The summed E-state index contributed by atoms with van der Waals surface area (Å²) < 4.78 is 7.65. The lowest BCUT2D eigenvalue weighted by Gasteiger charge is -2.16. The number of hydrogen-bond acceptors (Lipinski definition) is 2. The highest BCUT2D eigenvalue weighted by atomic mass is 16.5. The van der Waals surface area contributed by atoms with Crippen molar-refractivity contribution < 1.29 is 9.30 Å². The SMILES string of the molecule is COc1nc2c(C)c(C)c(C)c(C)c2c(-c2ccc(C)c(C)c2)[n+]1C. The highest BCUT2D eigenvalue weighted by molar-refractivity contribution is 5.96. The van der Waals surface area contributed by atoms with Crippen LogP contribution in [0.1, 0.15) is 33.4 Å². The van der Waals surface area contributed by atoms with E-state index < -0.39 is 0 Å². The molecular formula is C22H27N2O+. The fraction of sp³-hybridized carbons (Fsp3) is 0.364. The third-order valence-electron chi connectivity index (χ3n) is 5.68. The van der Waals surface area contributed by atoms with E-state index in [-0.39, 0.29) is 0 Å². The highest BCUT2D eigenvalue weighted by Crippen LogP contribution is 2.35. The van der Waals surface area contributed by atoms with E-state index in [1.165, 1.54) is 44.3 Å². The summed E-state index contributed by atoms with van der Waals surface area (Å²) in [6.45, 7) is 13.0. The van der Waals surface area contributed by atoms with Crippen LogP contribution in [0.5, 0.6) is 6.01 Å². The molecule has 0 saturated heterocycles. The Balaban J connectivity index is 2.56. The van der Waals surface area contributed by atoms with Crippen LogP contribution >= 0.6 is 0 Å². The third-order valence-corrected chi connectivity index (χ3v) is 5.68. The van der Waals surface area contributed by atoms with Crippen LogP contribution in [0.3, 0.4) is 0 Å². The molecule has 3 aromatic rings. The molecule has 1 aromatic heterocycles. The largest absolute Gasteiger partial charge is 0.498 e. The molecule has 0 aliphatic carbocycles. The van der Waals surface area contributed by atoms with Gasteiger partial charge in [-0.1, -0.05) is 12.1 Å². The summed E-state index contributed by atoms with van der Waals surface area (Å²) in [7, 11) is 3.71. The Morgan fingerprint density at radius 1 is 0.840 bits per heavy atom. The maximum absolute atomic E-state index is 5.59. The normalized spacial score (nSPS) is 11.2. The quantitative estimate of drug-likeness (QED) is 0.640. The molecule has 0 spiro atoms. The summed E-state index contributed by atoms with van der Waals surface area (Å²) in [5, 5.41) is 1.21. The maximum atomic E-state index is 5.59. The van der Waals surface area contributed by atoms with Gasteiger partial charge in [-0.3, -0.25) is 0 Å². The Morgan fingerprint density at radius 2 is 1.48 bits per heavy atom.